The fourth-order valence-electron chi connectivity index (χ4n) is 8.66. The van der Waals surface area contributed by atoms with Crippen LogP contribution in [0.25, 0.3) is 0 Å². The number of aliphatic carboxylic acids is 1. The maximum atomic E-state index is 13.4. The summed E-state index contributed by atoms with van der Waals surface area (Å²) < 4.78 is 5.16. The predicted octanol–water partition coefficient (Wildman–Crippen LogP) is 2.73. The van der Waals surface area contributed by atoms with Gasteiger partial charge in [0.15, 0.2) is 12.4 Å². The Morgan fingerprint density at radius 3 is 2.46 bits per heavy atom. The van der Waals surface area contributed by atoms with Crippen molar-refractivity contribution in [3.8, 4) is 0 Å². The van der Waals surface area contributed by atoms with Crippen molar-refractivity contribution in [3.05, 3.63) is 11.6 Å². The first-order valence-corrected chi connectivity index (χ1v) is 15.0. The Hall–Kier alpha value is -2.59. The summed E-state index contributed by atoms with van der Waals surface area (Å²) in [6.45, 7) is 7.05. The number of carboxylic acid groups (broad SMARTS) is 1. The van der Waals surface area contributed by atoms with Crippen molar-refractivity contribution in [1.82, 2.24) is 5.32 Å². The van der Waals surface area contributed by atoms with Crippen LogP contribution in [0.15, 0.2) is 11.6 Å². The van der Waals surface area contributed by atoms with E-state index in [-0.39, 0.29) is 67.0 Å². The van der Waals surface area contributed by atoms with Gasteiger partial charge in [0.25, 0.3) is 0 Å². The van der Waals surface area contributed by atoms with Gasteiger partial charge in [0.05, 0.1) is 12.5 Å². The van der Waals surface area contributed by atoms with Crippen molar-refractivity contribution in [2.75, 3.05) is 6.61 Å². The summed E-state index contributed by atoms with van der Waals surface area (Å²) in [5, 5.41) is 35.0. The van der Waals surface area contributed by atoms with Crippen LogP contribution in [0.1, 0.15) is 91.9 Å². The van der Waals surface area contributed by atoms with Crippen molar-refractivity contribution in [3.63, 3.8) is 0 Å². The maximum absolute atomic E-state index is 13.4. The van der Waals surface area contributed by atoms with Gasteiger partial charge in [0, 0.05) is 18.3 Å². The van der Waals surface area contributed by atoms with E-state index < -0.39 is 53.4 Å². The molecule has 10 heteroatoms. The molecular weight excluding hydrogens is 530 g/mol. The van der Waals surface area contributed by atoms with E-state index in [4.69, 9.17) is 4.74 Å². The van der Waals surface area contributed by atoms with Gasteiger partial charge in [0.2, 0.25) is 11.7 Å². The molecule has 0 aromatic rings. The van der Waals surface area contributed by atoms with Gasteiger partial charge in [-0.05, 0) is 80.1 Å². The number of rotatable bonds is 10. The lowest BCUT2D eigenvalue weighted by Crippen LogP contribution is -2.62. The molecule has 3 fully saturated rings. The van der Waals surface area contributed by atoms with Gasteiger partial charge in [-0.25, -0.2) is 4.79 Å². The Morgan fingerprint density at radius 2 is 1.80 bits per heavy atom. The first-order valence-electron chi connectivity index (χ1n) is 15.0. The molecule has 1 amide bonds. The molecule has 0 aromatic carbocycles. The van der Waals surface area contributed by atoms with Gasteiger partial charge in [-0.3, -0.25) is 19.2 Å². The number of carbonyl (C=O) groups excluding carboxylic acids is 4. The number of ketones is 2. The normalized spacial score (nSPS) is 36.9. The highest BCUT2D eigenvalue weighted by atomic mass is 16.5. The number of fused-ring (bicyclic) bond motifs is 5. The maximum Gasteiger partial charge on any atom is 0.326 e. The van der Waals surface area contributed by atoms with Gasteiger partial charge >= 0.3 is 11.9 Å². The lowest BCUT2D eigenvalue weighted by Gasteiger charge is -2.60. The Morgan fingerprint density at radius 1 is 1.10 bits per heavy atom. The molecule has 4 rings (SSSR count). The third-order valence-electron chi connectivity index (χ3n) is 10.8. The lowest BCUT2D eigenvalue weighted by atomic mass is 9.45. The second-order valence-corrected chi connectivity index (χ2v) is 13.6. The predicted molar refractivity (Wildman–Crippen MR) is 147 cm³/mol. The van der Waals surface area contributed by atoms with Crippen LogP contribution in [0, 0.1) is 34.5 Å². The Kier molecular flexibility index (Phi) is 8.86. The fraction of sp³-hybridized carbons (Fsp3) is 0.774. The number of hydrogen-bond acceptors (Lipinski definition) is 8. The van der Waals surface area contributed by atoms with Crippen molar-refractivity contribution in [2.45, 2.75) is 110 Å². The van der Waals surface area contributed by atoms with Crippen molar-refractivity contribution >= 4 is 29.4 Å². The third kappa shape index (κ3) is 5.74. The Labute approximate surface area is 241 Å². The van der Waals surface area contributed by atoms with E-state index >= 15 is 0 Å². The Balaban J connectivity index is 1.36. The average Bonchev–Trinajstić information content (AvgIpc) is 3.16. The molecule has 3 saturated carbocycles. The van der Waals surface area contributed by atoms with E-state index in [1.54, 1.807) is 6.08 Å². The number of allylic oxidation sites excluding steroid dienone is 1. The second kappa shape index (κ2) is 11.6. The standard InChI is InChI=1S/C31H45NO9/c1-17(2)13-22(28(38)39)32-25(36)7-8-26(37)41-16-24(35)31(40)12-10-21-20-6-5-18-14-19(33)9-11-29(18,3)27(20)23(34)15-30(21,31)4/h14,17,20-23,27,34,40H,5-13,15-16H2,1-4H3,(H,32,36)(H,38,39)/t20-,21-,22-,23+,27+,29-,30-,31-/m0/s1. The zero-order valence-corrected chi connectivity index (χ0v) is 24.6. The van der Waals surface area contributed by atoms with Crippen molar-refractivity contribution in [1.29, 1.82) is 0 Å². The number of amides is 1. The van der Waals surface area contributed by atoms with Crippen molar-refractivity contribution in [2.24, 2.45) is 34.5 Å². The summed E-state index contributed by atoms with van der Waals surface area (Å²) in [6, 6.07) is -1.05. The van der Waals surface area contributed by atoms with E-state index in [0.717, 1.165) is 18.4 Å². The number of hydrogen-bond donors (Lipinski definition) is 4. The third-order valence-corrected chi connectivity index (χ3v) is 10.8. The van der Waals surface area contributed by atoms with Gasteiger partial charge in [-0.15, -0.1) is 0 Å². The van der Waals surface area contributed by atoms with Crippen LogP contribution in [0.2, 0.25) is 0 Å². The topological polar surface area (TPSA) is 167 Å². The zero-order chi connectivity index (χ0) is 30.3. The zero-order valence-electron chi connectivity index (χ0n) is 24.6. The second-order valence-electron chi connectivity index (χ2n) is 13.6. The fourth-order valence-corrected chi connectivity index (χ4v) is 8.66. The van der Waals surface area contributed by atoms with Crippen LogP contribution in [0.5, 0.6) is 0 Å². The number of Topliss-reactive ketones (excluding diaryl/α,β-unsaturated/α-hetero) is 1. The summed E-state index contributed by atoms with van der Waals surface area (Å²) in [5.41, 5.74) is -1.81. The quantitative estimate of drug-likeness (QED) is 0.286. The molecule has 0 spiro atoms. The van der Waals surface area contributed by atoms with Crippen molar-refractivity contribution < 1.29 is 44.0 Å². The molecule has 0 radical (unpaired) electrons. The first kappa shape index (κ1) is 31.3. The molecule has 0 unspecified atom stereocenters. The minimum atomic E-state index is -1.76. The molecule has 0 heterocycles. The minimum absolute atomic E-state index is 0.00766. The minimum Gasteiger partial charge on any atom is -0.480 e. The van der Waals surface area contributed by atoms with E-state index in [9.17, 15) is 39.3 Å². The van der Waals surface area contributed by atoms with E-state index in [2.05, 4.69) is 12.2 Å². The van der Waals surface area contributed by atoms with Crippen LogP contribution in [-0.4, -0.2) is 69.1 Å². The summed E-state index contributed by atoms with van der Waals surface area (Å²) in [4.78, 5) is 61.4. The molecule has 0 bridgehead atoms. The molecule has 4 aliphatic rings. The molecule has 0 aliphatic heterocycles. The van der Waals surface area contributed by atoms with E-state index in [1.807, 2.05) is 20.8 Å². The van der Waals surface area contributed by atoms with Crippen LogP contribution in [0.3, 0.4) is 0 Å². The van der Waals surface area contributed by atoms with Gasteiger partial charge in [-0.2, -0.15) is 0 Å². The molecule has 8 atom stereocenters. The molecule has 4 N–H and O–H groups in total. The molecule has 0 aromatic heterocycles. The smallest absolute Gasteiger partial charge is 0.326 e. The van der Waals surface area contributed by atoms with Gasteiger partial charge in [-0.1, -0.05) is 33.3 Å². The number of aliphatic hydroxyl groups is 2. The lowest BCUT2D eigenvalue weighted by molar-refractivity contribution is -0.184. The Bertz CT molecular complexity index is 1130. The summed E-state index contributed by atoms with van der Waals surface area (Å²) in [7, 11) is 0. The van der Waals surface area contributed by atoms with Gasteiger partial charge < -0.3 is 25.4 Å². The summed E-state index contributed by atoms with van der Waals surface area (Å²) >= 11 is 0. The van der Waals surface area contributed by atoms with E-state index in [0.29, 0.717) is 19.3 Å². The molecule has 4 aliphatic carbocycles. The number of ether oxygens (including phenoxy) is 1. The molecule has 41 heavy (non-hydrogen) atoms. The number of carboxylic acids is 1. The summed E-state index contributed by atoms with van der Waals surface area (Å²) in [6.07, 6.45) is 4.47. The molecule has 0 saturated heterocycles. The molecular formula is C31H45NO9. The number of esters is 1. The monoisotopic (exact) mass is 575 g/mol. The van der Waals surface area contributed by atoms with Crippen LogP contribution < -0.4 is 5.32 Å². The largest absolute Gasteiger partial charge is 0.480 e. The summed E-state index contributed by atoms with van der Waals surface area (Å²) in [5.74, 6) is -2.89. The van der Waals surface area contributed by atoms with E-state index in [1.165, 1.54) is 0 Å². The SMILES string of the molecule is CC(C)C[C@H](NC(=O)CCC(=O)OCC(=O)[C@@]1(O)CC[C@H]2[C@@H]3CCC4=CC(=O)CC[C@]4(C)[C@H]3[C@H](O)C[C@@]21C)C(=O)O. The van der Waals surface area contributed by atoms with Crippen LogP contribution >= 0.6 is 0 Å². The number of nitrogens with one attached hydrogen (secondary N) is 1. The average molecular weight is 576 g/mol. The molecule has 228 valence electrons. The van der Waals surface area contributed by atoms with Gasteiger partial charge in [0.1, 0.15) is 11.6 Å². The highest BCUT2D eigenvalue weighted by molar-refractivity contribution is 5.92. The first-order chi connectivity index (χ1) is 19.1. The highest BCUT2D eigenvalue weighted by Gasteiger charge is 2.68. The number of aliphatic hydroxyl groups excluding tert-OH is 1. The molecule has 10 nitrogen and oxygen atoms in total. The number of carbonyl (C=O) groups is 5. The highest BCUT2D eigenvalue weighted by Crippen LogP contribution is 2.67. The van der Waals surface area contributed by atoms with Crippen LogP contribution in [-0.2, 0) is 28.7 Å². The van der Waals surface area contributed by atoms with Crippen LogP contribution in [0.4, 0.5) is 0 Å².